The molecule has 156 valence electrons. The predicted molar refractivity (Wildman–Crippen MR) is 119 cm³/mol. The van der Waals surface area contributed by atoms with Crippen molar-refractivity contribution < 1.29 is 9.53 Å². The Morgan fingerprint density at radius 2 is 1.97 bits per heavy atom. The Balaban J connectivity index is 1.67. The summed E-state index contributed by atoms with van der Waals surface area (Å²) in [6.07, 6.45) is 1.78. The van der Waals surface area contributed by atoms with Crippen molar-refractivity contribution in [1.82, 2.24) is 14.9 Å². The lowest BCUT2D eigenvalue weighted by atomic mass is 10.0. The number of rotatable bonds is 6. The van der Waals surface area contributed by atoms with Gasteiger partial charge in [-0.1, -0.05) is 49.0 Å². The van der Waals surface area contributed by atoms with Crippen LogP contribution in [0.2, 0.25) is 0 Å². The van der Waals surface area contributed by atoms with Crippen LogP contribution in [0, 0.1) is 6.92 Å². The van der Waals surface area contributed by atoms with Gasteiger partial charge in [0.15, 0.2) is 5.82 Å². The first-order chi connectivity index (χ1) is 14.6. The third kappa shape index (κ3) is 4.00. The third-order valence-corrected chi connectivity index (χ3v) is 6.33. The van der Waals surface area contributed by atoms with Gasteiger partial charge in [0.2, 0.25) is 11.1 Å². The number of nitrogens with one attached hydrogen (secondary N) is 2. The molecule has 1 amide bonds. The summed E-state index contributed by atoms with van der Waals surface area (Å²) in [5.74, 6) is 1.57. The number of nitrogens with zero attached hydrogens (tertiary/aromatic N) is 3. The van der Waals surface area contributed by atoms with Crippen LogP contribution in [0.5, 0.6) is 5.75 Å². The minimum atomic E-state index is -0.413. The average molecular weight is 424 g/mol. The van der Waals surface area contributed by atoms with Crippen molar-refractivity contribution in [3.8, 4) is 5.75 Å². The molecule has 2 atom stereocenters. The van der Waals surface area contributed by atoms with E-state index in [4.69, 9.17) is 4.74 Å². The Morgan fingerprint density at radius 1 is 1.20 bits per heavy atom. The van der Waals surface area contributed by atoms with Gasteiger partial charge in [0.05, 0.1) is 13.2 Å². The summed E-state index contributed by atoms with van der Waals surface area (Å²) in [4.78, 5) is 13.3. The van der Waals surface area contributed by atoms with Gasteiger partial charge >= 0.3 is 0 Å². The number of thioether (sulfide) groups is 1. The summed E-state index contributed by atoms with van der Waals surface area (Å²) in [5, 5.41) is 12.0. The fourth-order valence-electron chi connectivity index (χ4n) is 3.46. The molecule has 2 aromatic carbocycles. The van der Waals surface area contributed by atoms with E-state index < -0.39 is 5.25 Å². The number of benzene rings is 2. The average Bonchev–Trinajstić information content (AvgIpc) is 3.16. The molecule has 2 unspecified atom stereocenters. The molecule has 30 heavy (non-hydrogen) atoms. The van der Waals surface area contributed by atoms with Crippen molar-refractivity contribution in [3.63, 3.8) is 0 Å². The standard InChI is InChI=1S/C22H25N5O2S/c1-4-7-18-24-25-22-27(18)26-19(15-10-12-16(29-3)13-11-15)20(30-22)21(28)23-17-9-6-5-8-14(17)2/h5-6,8-13,19-20,26H,4,7H2,1-3H3,(H,23,28). The predicted octanol–water partition coefficient (Wildman–Crippen LogP) is 3.95. The Morgan fingerprint density at radius 3 is 2.67 bits per heavy atom. The van der Waals surface area contributed by atoms with E-state index in [0.717, 1.165) is 41.2 Å². The van der Waals surface area contributed by atoms with Crippen LogP contribution in [0.15, 0.2) is 53.7 Å². The molecule has 0 bridgehead atoms. The van der Waals surface area contributed by atoms with Gasteiger partial charge in [-0.25, -0.2) is 4.68 Å². The Bertz CT molecular complexity index is 1030. The number of aromatic nitrogens is 3. The van der Waals surface area contributed by atoms with Gasteiger partial charge in [-0.05, 0) is 42.7 Å². The van der Waals surface area contributed by atoms with Gasteiger partial charge in [-0.15, -0.1) is 10.2 Å². The molecule has 8 heteroatoms. The zero-order valence-corrected chi connectivity index (χ0v) is 18.1. The second-order valence-corrected chi connectivity index (χ2v) is 8.32. The van der Waals surface area contributed by atoms with Crippen LogP contribution in [0.4, 0.5) is 5.69 Å². The van der Waals surface area contributed by atoms with Gasteiger partial charge in [-0.3, -0.25) is 4.79 Å². The molecule has 2 heterocycles. The molecular formula is C22H25N5O2S. The lowest BCUT2D eigenvalue weighted by Gasteiger charge is -2.33. The van der Waals surface area contributed by atoms with Gasteiger partial charge in [0.25, 0.3) is 0 Å². The van der Waals surface area contributed by atoms with Gasteiger partial charge < -0.3 is 15.5 Å². The van der Waals surface area contributed by atoms with Gasteiger partial charge in [-0.2, -0.15) is 0 Å². The summed E-state index contributed by atoms with van der Waals surface area (Å²) in [6, 6.07) is 15.3. The third-order valence-electron chi connectivity index (χ3n) is 5.11. The van der Waals surface area contributed by atoms with Crippen molar-refractivity contribution in [2.75, 3.05) is 17.9 Å². The van der Waals surface area contributed by atoms with Gasteiger partial charge in [0.1, 0.15) is 11.0 Å². The summed E-state index contributed by atoms with van der Waals surface area (Å²) in [7, 11) is 1.64. The van der Waals surface area contributed by atoms with Crippen molar-refractivity contribution >= 4 is 23.4 Å². The molecule has 2 N–H and O–H groups in total. The van der Waals surface area contributed by atoms with E-state index in [1.165, 1.54) is 11.8 Å². The second-order valence-electron chi connectivity index (χ2n) is 7.21. The van der Waals surface area contributed by atoms with E-state index in [9.17, 15) is 4.79 Å². The Kier molecular flexibility index (Phi) is 5.94. The highest BCUT2D eigenvalue weighted by Gasteiger charge is 2.37. The topological polar surface area (TPSA) is 81.1 Å². The monoisotopic (exact) mass is 423 g/mol. The molecule has 4 rings (SSSR count). The van der Waals surface area contributed by atoms with Crippen LogP contribution in [-0.4, -0.2) is 33.1 Å². The zero-order valence-electron chi connectivity index (χ0n) is 17.3. The molecule has 1 aliphatic heterocycles. The van der Waals surface area contributed by atoms with Crippen LogP contribution in [-0.2, 0) is 11.2 Å². The number of fused-ring (bicyclic) bond motifs is 1. The summed E-state index contributed by atoms with van der Waals surface area (Å²) >= 11 is 1.43. The lowest BCUT2D eigenvalue weighted by Crippen LogP contribution is -2.41. The molecule has 1 aliphatic rings. The number of methoxy groups -OCH3 is 1. The number of carbonyl (C=O) groups excluding carboxylic acids is 1. The minimum absolute atomic E-state index is 0.0751. The van der Waals surface area contributed by atoms with Crippen molar-refractivity contribution in [2.45, 2.75) is 43.1 Å². The lowest BCUT2D eigenvalue weighted by molar-refractivity contribution is -0.116. The number of hydrogen-bond acceptors (Lipinski definition) is 6. The van der Waals surface area contributed by atoms with Crippen LogP contribution < -0.4 is 15.5 Å². The summed E-state index contributed by atoms with van der Waals surface area (Å²) in [5.41, 5.74) is 6.32. The molecule has 1 aromatic heterocycles. The van der Waals surface area contributed by atoms with Crippen LogP contribution in [0.1, 0.15) is 36.3 Å². The first-order valence-electron chi connectivity index (χ1n) is 9.98. The fourth-order valence-corrected chi connectivity index (χ4v) is 4.56. The largest absolute Gasteiger partial charge is 0.497 e. The highest BCUT2D eigenvalue weighted by molar-refractivity contribution is 8.00. The number of carbonyl (C=O) groups is 1. The SMILES string of the molecule is CCCc1nnc2n1NC(c1ccc(OC)cc1)C(C(=O)Nc1ccccc1C)S2. The first kappa shape index (κ1) is 20.3. The van der Waals surface area contributed by atoms with Crippen LogP contribution in [0.3, 0.4) is 0 Å². The minimum Gasteiger partial charge on any atom is -0.497 e. The number of aryl methyl sites for hydroxylation is 2. The van der Waals surface area contributed by atoms with Crippen molar-refractivity contribution in [2.24, 2.45) is 0 Å². The van der Waals surface area contributed by atoms with E-state index in [1.807, 2.05) is 60.1 Å². The quantitative estimate of drug-likeness (QED) is 0.625. The maximum Gasteiger partial charge on any atom is 0.240 e. The maximum atomic E-state index is 13.3. The summed E-state index contributed by atoms with van der Waals surface area (Å²) in [6.45, 7) is 4.09. The molecule has 0 aliphatic carbocycles. The van der Waals surface area contributed by atoms with E-state index in [1.54, 1.807) is 7.11 Å². The first-order valence-corrected chi connectivity index (χ1v) is 10.9. The van der Waals surface area contributed by atoms with E-state index in [0.29, 0.717) is 5.16 Å². The Hall–Kier alpha value is -3.00. The molecule has 0 saturated carbocycles. The highest BCUT2D eigenvalue weighted by atomic mass is 32.2. The number of anilines is 1. The maximum absolute atomic E-state index is 13.3. The molecular weight excluding hydrogens is 398 g/mol. The summed E-state index contributed by atoms with van der Waals surface area (Å²) < 4.78 is 7.21. The fraction of sp³-hybridized carbons (Fsp3) is 0.318. The van der Waals surface area contributed by atoms with E-state index in [-0.39, 0.29) is 11.9 Å². The molecule has 0 saturated heterocycles. The molecule has 3 aromatic rings. The number of hydrogen-bond donors (Lipinski definition) is 2. The van der Waals surface area contributed by atoms with Crippen LogP contribution >= 0.6 is 11.8 Å². The molecule has 0 spiro atoms. The van der Waals surface area contributed by atoms with Crippen LogP contribution in [0.25, 0.3) is 0 Å². The highest BCUT2D eigenvalue weighted by Crippen LogP contribution is 2.38. The molecule has 7 nitrogen and oxygen atoms in total. The number of amides is 1. The zero-order chi connectivity index (χ0) is 21.1. The van der Waals surface area contributed by atoms with E-state index >= 15 is 0 Å². The smallest absolute Gasteiger partial charge is 0.240 e. The number of para-hydroxylation sites is 1. The van der Waals surface area contributed by atoms with Gasteiger partial charge in [0, 0.05) is 12.1 Å². The normalized spacial score (nSPS) is 17.7. The second kappa shape index (κ2) is 8.79. The van der Waals surface area contributed by atoms with Crippen molar-refractivity contribution in [1.29, 1.82) is 0 Å². The van der Waals surface area contributed by atoms with Crippen molar-refractivity contribution in [3.05, 3.63) is 65.5 Å². The molecule has 0 fully saturated rings. The molecule has 0 radical (unpaired) electrons. The Labute approximate surface area is 180 Å². The number of ether oxygens (including phenoxy) is 1. The van der Waals surface area contributed by atoms with E-state index in [2.05, 4.69) is 27.9 Å².